The van der Waals surface area contributed by atoms with E-state index in [0.29, 0.717) is 11.3 Å². The molecule has 5 nitrogen and oxygen atoms in total. The number of aromatic nitrogens is 1. The van der Waals surface area contributed by atoms with Crippen molar-refractivity contribution in [3.63, 3.8) is 0 Å². The molecule has 3 aromatic rings. The maximum absolute atomic E-state index is 12.9. The zero-order valence-corrected chi connectivity index (χ0v) is 12.9. The SMILES string of the molecule is COC(=O)c1cc(C(=O)c2c(C)cc3ccccn23)ccc1N. The molecule has 0 aliphatic carbocycles. The fourth-order valence-corrected chi connectivity index (χ4v) is 2.67. The Kier molecular flexibility index (Phi) is 3.62. The minimum atomic E-state index is -0.561. The van der Waals surface area contributed by atoms with Gasteiger partial charge in [0.2, 0.25) is 5.78 Å². The third kappa shape index (κ3) is 2.46. The zero-order valence-electron chi connectivity index (χ0n) is 12.9. The van der Waals surface area contributed by atoms with Crippen molar-refractivity contribution >= 4 is 23.0 Å². The van der Waals surface area contributed by atoms with Crippen LogP contribution in [0.2, 0.25) is 0 Å². The topological polar surface area (TPSA) is 73.8 Å². The van der Waals surface area contributed by atoms with Crippen LogP contribution in [0, 0.1) is 6.92 Å². The average Bonchev–Trinajstić information content (AvgIpc) is 2.89. The highest BCUT2D eigenvalue weighted by Crippen LogP contribution is 2.22. The summed E-state index contributed by atoms with van der Waals surface area (Å²) in [5.74, 6) is -0.729. The van der Waals surface area contributed by atoms with E-state index in [0.717, 1.165) is 11.1 Å². The van der Waals surface area contributed by atoms with Crippen LogP contribution in [0.3, 0.4) is 0 Å². The van der Waals surface area contributed by atoms with Gasteiger partial charge in [-0.15, -0.1) is 0 Å². The van der Waals surface area contributed by atoms with Gasteiger partial charge in [0.15, 0.2) is 0 Å². The van der Waals surface area contributed by atoms with E-state index in [1.54, 1.807) is 12.1 Å². The van der Waals surface area contributed by atoms with Gasteiger partial charge in [-0.2, -0.15) is 0 Å². The highest BCUT2D eigenvalue weighted by Gasteiger charge is 2.19. The molecule has 0 aliphatic rings. The number of rotatable bonds is 3. The maximum atomic E-state index is 12.9. The first-order chi connectivity index (χ1) is 11.0. The molecule has 5 heteroatoms. The summed E-state index contributed by atoms with van der Waals surface area (Å²) in [6.45, 7) is 1.89. The number of carbonyl (C=O) groups excluding carboxylic acids is 2. The second-order valence-corrected chi connectivity index (χ2v) is 5.29. The van der Waals surface area contributed by atoms with Crippen molar-refractivity contribution in [1.82, 2.24) is 4.40 Å². The van der Waals surface area contributed by atoms with Gasteiger partial charge in [-0.3, -0.25) is 4.79 Å². The van der Waals surface area contributed by atoms with E-state index < -0.39 is 5.97 Å². The van der Waals surface area contributed by atoms with Gasteiger partial charge in [0.1, 0.15) is 0 Å². The monoisotopic (exact) mass is 308 g/mol. The lowest BCUT2D eigenvalue weighted by Gasteiger charge is -2.08. The molecule has 116 valence electrons. The summed E-state index contributed by atoms with van der Waals surface area (Å²) >= 11 is 0. The van der Waals surface area contributed by atoms with Crippen LogP contribution in [-0.2, 0) is 4.74 Å². The second-order valence-electron chi connectivity index (χ2n) is 5.29. The van der Waals surface area contributed by atoms with Crippen LogP contribution in [0.5, 0.6) is 0 Å². The van der Waals surface area contributed by atoms with Crippen molar-refractivity contribution in [3.8, 4) is 0 Å². The number of ketones is 1. The Bertz CT molecular complexity index is 925. The highest BCUT2D eigenvalue weighted by molar-refractivity contribution is 6.11. The number of anilines is 1. The molecule has 0 atom stereocenters. The van der Waals surface area contributed by atoms with Crippen LogP contribution in [0.15, 0.2) is 48.7 Å². The molecule has 23 heavy (non-hydrogen) atoms. The minimum Gasteiger partial charge on any atom is -0.465 e. The van der Waals surface area contributed by atoms with Gasteiger partial charge in [-0.25, -0.2) is 4.79 Å². The van der Waals surface area contributed by atoms with Gasteiger partial charge in [0, 0.05) is 23.0 Å². The molecule has 0 amide bonds. The predicted octanol–water partition coefficient (Wildman–Crippen LogP) is 2.85. The number of hydrogen-bond acceptors (Lipinski definition) is 4. The van der Waals surface area contributed by atoms with E-state index in [-0.39, 0.29) is 17.0 Å². The second kappa shape index (κ2) is 5.61. The Morgan fingerprint density at radius 2 is 1.91 bits per heavy atom. The van der Waals surface area contributed by atoms with Crippen LogP contribution in [-0.4, -0.2) is 23.3 Å². The van der Waals surface area contributed by atoms with E-state index in [1.807, 2.05) is 41.8 Å². The summed E-state index contributed by atoms with van der Waals surface area (Å²) < 4.78 is 6.54. The predicted molar refractivity (Wildman–Crippen MR) is 87.8 cm³/mol. The number of carbonyl (C=O) groups is 2. The molecule has 0 saturated carbocycles. The standard InChI is InChI=1S/C18H16N2O3/c1-11-9-13-5-3-4-8-20(13)16(11)17(21)12-6-7-15(19)14(10-12)18(22)23-2/h3-10H,19H2,1-2H3. The van der Waals surface area contributed by atoms with Crippen molar-refractivity contribution in [2.24, 2.45) is 0 Å². The number of nitrogens with two attached hydrogens (primary N) is 1. The summed E-state index contributed by atoms with van der Waals surface area (Å²) in [4.78, 5) is 24.7. The summed E-state index contributed by atoms with van der Waals surface area (Å²) in [5.41, 5.74) is 9.04. The van der Waals surface area contributed by atoms with Crippen molar-refractivity contribution in [3.05, 3.63) is 71.0 Å². The first-order valence-corrected chi connectivity index (χ1v) is 7.12. The lowest BCUT2D eigenvalue weighted by Crippen LogP contribution is -2.11. The van der Waals surface area contributed by atoms with Crippen molar-refractivity contribution in [2.75, 3.05) is 12.8 Å². The molecule has 0 aliphatic heterocycles. The number of esters is 1. The third-order valence-electron chi connectivity index (χ3n) is 3.81. The molecule has 2 heterocycles. The lowest BCUT2D eigenvalue weighted by molar-refractivity contribution is 0.0602. The van der Waals surface area contributed by atoms with Crippen LogP contribution >= 0.6 is 0 Å². The molecular formula is C18H16N2O3. The van der Waals surface area contributed by atoms with E-state index >= 15 is 0 Å². The van der Waals surface area contributed by atoms with Gasteiger partial charge in [-0.05, 0) is 48.9 Å². The number of ether oxygens (including phenoxy) is 1. The molecule has 0 fully saturated rings. The van der Waals surface area contributed by atoms with Crippen molar-refractivity contribution in [1.29, 1.82) is 0 Å². The number of nitrogen functional groups attached to an aromatic ring is 1. The number of benzene rings is 1. The first-order valence-electron chi connectivity index (χ1n) is 7.12. The number of pyridine rings is 1. The molecule has 2 aromatic heterocycles. The Labute approximate surface area is 133 Å². The molecule has 2 N–H and O–H groups in total. The zero-order chi connectivity index (χ0) is 16.6. The Balaban J connectivity index is 2.13. The fraction of sp³-hybridized carbons (Fsp3) is 0.111. The summed E-state index contributed by atoms with van der Waals surface area (Å²) in [5, 5.41) is 0. The summed E-state index contributed by atoms with van der Waals surface area (Å²) in [6.07, 6.45) is 1.84. The number of fused-ring (bicyclic) bond motifs is 1. The van der Waals surface area contributed by atoms with Gasteiger partial charge in [0.25, 0.3) is 0 Å². The Morgan fingerprint density at radius 1 is 1.13 bits per heavy atom. The third-order valence-corrected chi connectivity index (χ3v) is 3.81. The molecule has 1 aromatic carbocycles. The smallest absolute Gasteiger partial charge is 0.339 e. The molecular weight excluding hydrogens is 292 g/mol. The first kappa shape index (κ1) is 14.8. The largest absolute Gasteiger partial charge is 0.465 e. The fourth-order valence-electron chi connectivity index (χ4n) is 2.67. The summed E-state index contributed by atoms with van der Waals surface area (Å²) in [6, 6.07) is 12.3. The molecule has 0 spiro atoms. The molecule has 0 radical (unpaired) electrons. The van der Waals surface area contributed by atoms with E-state index in [9.17, 15) is 9.59 Å². The highest BCUT2D eigenvalue weighted by atomic mass is 16.5. The van der Waals surface area contributed by atoms with Crippen LogP contribution < -0.4 is 5.73 Å². The Morgan fingerprint density at radius 3 is 2.65 bits per heavy atom. The van der Waals surface area contributed by atoms with E-state index in [1.165, 1.54) is 13.2 Å². The van der Waals surface area contributed by atoms with E-state index in [2.05, 4.69) is 0 Å². The molecule has 0 unspecified atom stereocenters. The van der Waals surface area contributed by atoms with Crippen LogP contribution in [0.1, 0.15) is 32.0 Å². The number of aryl methyl sites for hydroxylation is 1. The van der Waals surface area contributed by atoms with Crippen LogP contribution in [0.25, 0.3) is 5.52 Å². The minimum absolute atomic E-state index is 0.168. The van der Waals surface area contributed by atoms with Gasteiger partial charge in [0.05, 0.1) is 18.4 Å². The van der Waals surface area contributed by atoms with Gasteiger partial charge in [-0.1, -0.05) is 6.07 Å². The normalized spacial score (nSPS) is 10.7. The average molecular weight is 308 g/mol. The lowest BCUT2D eigenvalue weighted by atomic mass is 10.0. The van der Waals surface area contributed by atoms with Crippen molar-refractivity contribution in [2.45, 2.75) is 6.92 Å². The summed E-state index contributed by atoms with van der Waals surface area (Å²) in [7, 11) is 1.28. The van der Waals surface area contributed by atoms with Crippen LogP contribution in [0.4, 0.5) is 5.69 Å². The van der Waals surface area contributed by atoms with E-state index in [4.69, 9.17) is 10.5 Å². The number of methoxy groups -OCH3 is 1. The maximum Gasteiger partial charge on any atom is 0.339 e. The molecule has 3 rings (SSSR count). The number of hydrogen-bond donors (Lipinski definition) is 1. The molecule has 0 bridgehead atoms. The van der Waals surface area contributed by atoms with Crippen molar-refractivity contribution < 1.29 is 14.3 Å². The van der Waals surface area contributed by atoms with Gasteiger partial charge < -0.3 is 14.9 Å². The molecule has 0 saturated heterocycles. The van der Waals surface area contributed by atoms with Gasteiger partial charge >= 0.3 is 5.97 Å². The number of nitrogens with zero attached hydrogens (tertiary/aromatic N) is 1. The quantitative estimate of drug-likeness (QED) is 0.459. The Hall–Kier alpha value is -3.08.